The summed E-state index contributed by atoms with van der Waals surface area (Å²) in [7, 11) is 1.44. The third-order valence-electron chi connectivity index (χ3n) is 8.50. The molecule has 1 saturated heterocycles. The lowest BCUT2D eigenvalue weighted by Crippen LogP contribution is -2.48. The van der Waals surface area contributed by atoms with Crippen molar-refractivity contribution in [1.82, 2.24) is 5.32 Å². The second-order valence-electron chi connectivity index (χ2n) is 12.4. The molecule has 0 bridgehead atoms. The number of nitrogens with one attached hydrogen (secondary N) is 1. The standard InChI is InChI=1S/C33H33Cl2FN2O4/c1-32(2,3)16-26-33(22-11-10-20(34)12-19(22)15-27(33)40)28(21-6-5-7-23(35)29(21)36)30(38-26)24(39)13-17-8-9-18(31(37)41)14-25(17)42-4/h5-12,14,26,28,30,38H,13,15-16H2,1-4H3,(H2,37,41)/t26-,28-,30?,33-/m0/s1. The Labute approximate surface area is 254 Å². The second kappa shape index (κ2) is 11.1. The van der Waals surface area contributed by atoms with Crippen LogP contribution in [0.4, 0.5) is 4.39 Å². The van der Waals surface area contributed by atoms with Crippen LogP contribution in [0.2, 0.25) is 10.0 Å². The summed E-state index contributed by atoms with van der Waals surface area (Å²) in [5.74, 6) is -2.17. The van der Waals surface area contributed by atoms with Gasteiger partial charge in [0.1, 0.15) is 17.3 Å². The normalized spacial score (nSPS) is 23.3. The van der Waals surface area contributed by atoms with Crippen LogP contribution in [0.3, 0.4) is 0 Å². The largest absolute Gasteiger partial charge is 0.496 e. The molecule has 3 aromatic rings. The van der Waals surface area contributed by atoms with Crippen LogP contribution in [0.5, 0.6) is 5.75 Å². The van der Waals surface area contributed by atoms with Gasteiger partial charge in [0.15, 0.2) is 5.78 Å². The van der Waals surface area contributed by atoms with Gasteiger partial charge in [-0.2, -0.15) is 0 Å². The van der Waals surface area contributed by atoms with Crippen molar-refractivity contribution in [2.75, 3.05) is 7.11 Å². The number of ketones is 2. The van der Waals surface area contributed by atoms with Crippen molar-refractivity contribution in [3.05, 3.63) is 98.3 Å². The van der Waals surface area contributed by atoms with E-state index >= 15 is 4.39 Å². The van der Waals surface area contributed by atoms with Gasteiger partial charge in [-0.3, -0.25) is 14.4 Å². The van der Waals surface area contributed by atoms with Crippen molar-refractivity contribution >= 4 is 40.7 Å². The number of fused-ring (bicyclic) bond motifs is 2. The molecule has 0 saturated carbocycles. The number of benzene rings is 3. The lowest BCUT2D eigenvalue weighted by molar-refractivity contribution is -0.124. The summed E-state index contributed by atoms with van der Waals surface area (Å²) in [5.41, 5.74) is 6.48. The minimum atomic E-state index is -1.24. The van der Waals surface area contributed by atoms with Gasteiger partial charge >= 0.3 is 0 Å². The van der Waals surface area contributed by atoms with Gasteiger partial charge in [-0.15, -0.1) is 0 Å². The Kier molecular flexibility index (Phi) is 7.98. The zero-order chi connectivity index (χ0) is 30.6. The molecule has 1 amide bonds. The maximum atomic E-state index is 16.0. The Hall–Kier alpha value is -3.26. The summed E-state index contributed by atoms with van der Waals surface area (Å²) in [5, 5.41) is 3.94. The SMILES string of the molecule is COc1cc(C(N)=O)ccc1CC(=O)C1N[C@@H](CC(C)(C)C)[C@@]2(C(=O)Cc3cc(Cl)ccc32)[C@H]1c1cccc(Cl)c1F. The van der Waals surface area contributed by atoms with Gasteiger partial charge in [0.25, 0.3) is 0 Å². The van der Waals surface area contributed by atoms with Crippen molar-refractivity contribution in [1.29, 1.82) is 0 Å². The van der Waals surface area contributed by atoms with Gasteiger partial charge in [0, 0.05) is 41.0 Å². The Morgan fingerprint density at radius 2 is 1.86 bits per heavy atom. The van der Waals surface area contributed by atoms with E-state index < -0.39 is 35.1 Å². The zero-order valence-corrected chi connectivity index (χ0v) is 25.4. The van der Waals surface area contributed by atoms with Crippen LogP contribution in [0.25, 0.3) is 0 Å². The summed E-state index contributed by atoms with van der Waals surface area (Å²) in [6.07, 6.45) is 0.582. The van der Waals surface area contributed by atoms with E-state index in [-0.39, 0.29) is 46.0 Å². The number of methoxy groups -OCH3 is 1. The lowest BCUT2D eigenvalue weighted by Gasteiger charge is -2.39. The quantitative estimate of drug-likeness (QED) is 0.343. The molecule has 9 heteroatoms. The average Bonchev–Trinajstić information content (AvgIpc) is 3.39. The molecule has 42 heavy (non-hydrogen) atoms. The smallest absolute Gasteiger partial charge is 0.248 e. The number of Topliss-reactive ketones (excluding diaryl/α,β-unsaturated/α-hetero) is 2. The third-order valence-corrected chi connectivity index (χ3v) is 9.02. The number of halogens is 3. The average molecular weight is 612 g/mol. The highest BCUT2D eigenvalue weighted by atomic mass is 35.5. The molecule has 3 N–H and O–H groups in total. The molecule has 0 aromatic heterocycles. The lowest BCUT2D eigenvalue weighted by atomic mass is 9.61. The van der Waals surface area contributed by atoms with Crippen LogP contribution in [-0.4, -0.2) is 36.7 Å². The molecule has 3 aromatic carbocycles. The molecular weight excluding hydrogens is 578 g/mol. The van der Waals surface area contributed by atoms with Crippen LogP contribution in [-0.2, 0) is 27.8 Å². The molecule has 2 aliphatic rings. The van der Waals surface area contributed by atoms with Gasteiger partial charge in [-0.25, -0.2) is 4.39 Å². The Balaban J connectivity index is 1.70. The predicted molar refractivity (Wildman–Crippen MR) is 161 cm³/mol. The van der Waals surface area contributed by atoms with Crippen LogP contribution < -0.4 is 15.8 Å². The Morgan fingerprint density at radius 1 is 1.12 bits per heavy atom. The number of amides is 1. The highest BCUT2D eigenvalue weighted by molar-refractivity contribution is 6.31. The molecule has 1 unspecified atom stereocenters. The van der Waals surface area contributed by atoms with Crippen LogP contribution in [0, 0.1) is 11.2 Å². The molecule has 6 nitrogen and oxygen atoms in total. The molecule has 1 spiro atoms. The van der Waals surface area contributed by atoms with E-state index in [1.165, 1.54) is 25.3 Å². The first-order valence-corrected chi connectivity index (χ1v) is 14.5. The number of primary amides is 1. The first kappa shape index (κ1) is 30.2. The monoisotopic (exact) mass is 610 g/mol. The summed E-state index contributed by atoms with van der Waals surface area (Å²) in [6, 6.07) is 13.3. The molecule has 5 rings (SSSR count). The number of rotatable bonds is 7. The molecule has 4 atom stereocenters. The Morgan fingerprint density at radius 3 is 2.52 bits per heavy atom. The molecular formula is C33H33Cl2FN2O4. The summed E-state index contributed by atoms with van der Waals surface area (Å²) < 4.78 is 21.4. The second-order valence-corrected chi connectivity index (χ2v) is 13.2. The van der Waals surface area contributed by atoms with E-state index in [0.717, 1.165) is 11.1 Å². The van der Waals surface area contributed by atoms with Gasteiger partial charge in [0.2, 0.25) is 5.91 Å². The van der Waals surface area contributed by atoms with Crippen molar-refractivity contribution in [2.45, 2.75) is 63.5 Å². The number of carbonyl (C=O) groups excluding carboxylic acids is 3. The number of carbonyl (C=O) groups is 3. The number of ether oxygens (including phenoxy) is 1. The number of nitrogens with two attached hydrogens (primary N) is 1. The van der Waals surface area contributed by atoms with E-state index in [9.17, 15) is 14.4 Å². The highest BCUT2D eigenvalue weighted by Gasteiger charge is 2.65. The minimum Gasteiger partial charge on any atom is -0.496 e. The molecule has 1 heterocycles. The van der Waals surface area contributed by atoms with Crippen molar-refractivity contribution < 1.29 is 23.5 Å². The van der Waals surface area contributed by atoms with Crippen molar-refractivity contribution in [3.63, 3.8) is 0 Å². The zero-order valence-electron chi connectivity index (χ0n) is 23.9. The van der Waals surface area contributed by atoms with Gasteiger partial charge < -0.3 is 15.8 Å². The number of hydrogen-bond donors (Lipinski definition) is 2. The first-order valence-electron chi connectivity index (χ1n) is 13.8. The Bertz CT molecular complexity index is 1600. The van der Waals surface area contributed by atoms with Gasteiger partial charge in [0.05, 0.1) is 23.6 Å². The summed E-state index contributed by atoms with van der Waals surface area (Å²) in [4.78, 5) is 40.4. The fourth-order valence-corrected chi connectivity index (χ4v) is 7.24. The van der Waals surface area contributed by atoms with Crippen LogP contribution >= 0.6 is 23.2 Å². The molecule has 1 fully saturated rings. The van der Waals surface area contributed by atoms with Crippen LogP contribution in [0.1, 0.15) is 65.7 Å². The van der Waals surface area contributed by atoms with Gasteiger partial charge in [-0.05, 0) is 58.9 Å². The predicted octanol–water partition coefficient (Wildman–Crippen LogP) is 5.98. The van der Waals surface area contributed by atoms with Crippen molar-refractivity contribution in [2.24, 2.45) is 11.1 Å². The number of hydrogen-bond acceptors (Lipinski definition) is 5. The van der Waals surface area contributed by atoms with Crippen molar-refractivity contribution in [3.8, 4) is 5.75 Å². The highest BCUT2D eigenvalue weighted by Crippen LogP contribution is 2.57. The summed E-state index contributed by atoms with van der Waals surface area (Å²) in [6.45, 7) is 6.21. The van der Waals surface area contributed by atoms with E-state index in [4.69, 9.17) is 33.7 Å². The molecule has 0 radical (unpaired) electrons. The fourth-order valence-electron chi connectivity index (χ4n) is 6.87. The van der Waals surface area contributed by atoms with Crippen LogP contribution in [0.15, 0.2) is 54.6 Å². The molecule has 1 aliphatic heterocycles. The topological polar surface area (TPSA) is 98.5 Å². The fraction of sp³-hybridized carbons (Fsp3) is 0.364. The maximum Gasteiger partial charge on any atom is 0.248 e. The van der Waals surface area contributed by atoms with E-state index in [0.29, 0.717) is 22.8 Å². The molecule has 1 aliphatic carbocycles. The van der Waals surface area contributed by atoms with E-state index in [1.807, 2.05) is 6.07 Å². The third kappa shape index (κ3) is 5.12. The van der Waals surface area contributed by atoms with E-state index in [1.54, 1.807) is 30.3 Å². The maximum absolute atomic E-state index is 16.0. The van der Waals surface area contributed by atoms with E-state index in [2.05, 4.69) is 26.1 Å². The summed E-state index contributed by atoms with van der Waals surface area (Å²) >= 11 is 12.6. The molecule has 220 valence electrons. The minimum absolute atomic E-state index is 0.0846. The first-order chi connectivity index (χ1) is 19.8. The van der Waals surface area contributed by atoms with Gasteiger partial charge in [-0.1, -0.05) is 68.2 Å².